The first-order chi connectivity index (χ1) is 13.0. The molecule has 0 unspecified atom stereocenters. The molecule has 0 bridgehead atoms. The largest absolute Gasteiger partial charge is 0.505 e. The Hall–Kier alpha value is -3.00. The van der Waals surface area contributed by atoms with Crippen molar-refractivity contribution in [2.24, 2.45) is 0 Å². The maximum absolute atomic E-state index is 11.8. The zero-order valence-corrected chi connectivity index (χ0v) is 17.2. The van der Waals surface area contributed by atoms with Crippen molar-refractivity contribution in [1.82, 2.24) is 4.98 Å². The fraction of sp³-hybridized carbons (Fsp3) is 0.250. The first-order valence-electron chi connectivity index (χ1n) is 8.66. The molecule has 3 N–H and O–H groups in total. The summed E-state index contributed by atoms with van der Waals surface area (Å²) >= 11 is 0. The standard InChI is InChI=1S/C20H23N3O4S/c1-11-8-14(9-18(20(11)25)23(4)13(3)24)19-12(2)16-10-15(22-28(5,26)27)6-7-17(16)21-19/h6-10,21-22,25H,1-5H3. The van der Waals surface area contributed by atoms with Crippen molar-refractivity contribution >= 4 is 38.2 Å². The zero-order chi connectivity index (χ0) is 20.8. The minimum atomic E-state index is -3.36. The molecule has 28 heavy (non-hydrogen) atoms. The Morgan fingerprint density at radius 3 is 2.46 bits per heavy atom. The molecule has 0 saturated carbocycles. The summed E-state index contributed by atoms with van der Waals surface area (Å²) in [5.74, 6) is -0.119. The molecule has 0 atom stereocenters. The summed E-state index contributed by atoms with van der Waals surface area (Å²) in [4.78, 5) is 16.5. The van der Waals surface area contributed by atoms with Crippen molar-refractivity contribution in [3.63, 3.8) is 0 Å². The van der Waals surface area contributed by atoms with Crippen molar-refractivity contribution < 1.29 is 18.3 Å². The Labute approximate surface area is 164 Å². The molecule has 1 amide bonds. The molecule has 148 valence electrons. The van der Waals surface area contributed by atoms with E-state index in [1.807, 2.05) is 19.1 Å². The van der Waals surface area contributed by atoms with Crippen LogP contribution >= 0.6 is 0 Å². The second kappa shape index (κ2) is 6.87. The molecular weight excluding hydrogens is 378 g/mol. The van der Waals surface area contributed by atoms with Gasteiger partial charge in [-0.3, -0.25) is 9.52 Å². The van der Waals surface area contributed by atoms with Gasteiger partial charge in [-0.15, -0.1) is 0 Å². The number of nitrogens with one attached hydrogen (secondary N) is 2. The third-order valence-electron chi connectivity index (χ3n) is 4.76. The third kappa shape index (κ3) is 3.68. The summed E-state index contributed by atoms with van der Waals surface area (Å²) in [6.45, 7) is 5.16. The van der Waals surface area contributed by atoms with Gasteiger partial charge in [0.1, 0.15) is 5.75 Å². The van der Waals surface area contributed by atoms with Crippen LogP contribution in [0.3, 0.4) is 0 Å². The number of amides is 1. The van der Waals surface area contributed by atoms with Crippen molar-refractivity contribution in [3.05, 3.63) is 41.5 Å². The van der Waals surface area contributed by atoms with Crippen molar-refractivity contribution in [2.45, 2.75) is 20.8 Å². The molecule has 1 heterocycles. The van der Waals surface area contributed by atoms with E-state index in [-0.39, 0.29) is 11.7 Å². The number of H-pyrrole nitrogens is 1. The molecule has 8 heteroatoms. The predicted octanol–water partition coefficient (Wildman–Crippen LogP) is 3.51. The van der Waals surface area contributed by atoms with E-state index in [0.29, 0.717) is 16.9 Å². The maximum Gasteiger partial charge on any atom is 0.229 e. The normalized spacial score (nSPS) is 11.6. The lowest BCUT2D eigenvalue weighted by Gasteiger charge is -2.19. The lowest BCUT2D eigenvalue weighted by atomic mass is 10.0. The number of phenolic OH excluding ortho intramolecular Hbond substituents is 1. The molecule has 1 aromatic heterocycles. The molecule has 3 aromatic rings. The van der Waals surface area contributed by atoms with E-state index in [2.05, 4.69) is 9.71 Å². The highest BCUT2D eigenvalue weighted by Crippen LogP contribution is 2.38. The number of phenols is 1. The smallest absolute Gasteiger partial charge is 0.229 e. The molecule has 0 radical (unpaired) electrons. The first-order valence-corrected chi connectivity index (χ1v) is 10.6. The number of hydrogen-bond donors (Lipinski definition) is 3. The number of fused-ring (bicyclic) bond motifs is 1. The number of carbonyl (C=O) groups excluding carboxylic acids is 1. The molecule has 7 nitrogen and oxygen atoms in total. The van der Waals surface area contributed by atoms with Crippen LogP contribution in [0.25, 0.3) is 22.2 Å². The number of benzene rings is 2. The lowest BCUT2D eigenvalue weighted by Crippen LogP contribution is -2.23. The molecule has 0 aliphatic carbocycles. The van der Waals surface area contributed by atoms with Crippen LogP contribution in [0.15, 0.2) is 30.3 Å². The maximum atomic E-state index is 11.8. The van der Waals surface area contributed by atoms with Gasteiger partial charge in [0, 0.05) is 41.8 Å². The first kappa shape index (κ1) is 19.8. The second-order valence-corrected chi connectivity index (χ2v) is 8.75. The quantitative estimate of drug-likeness (QED) is 0.622. The number of nitrogens with zero attached hydrogens (tertiary/aromatic N) is 1. The van der Waals surface area contributed by atoms with Crippen LogP contribution in [-0.4, -0.2) is 37.7 Å². The van der Waals surface area contributed by atoms with Crippen LogP contribution in [0.4, 0.5) is 11.4 Å². The number of hydrogen-bond acceptors (Lipinski definition) is 4. The Morgan fingerprint density at radius 1 is 1.18 bits per heavy atom. The summed E-state index contributed by atoms with van der Waals surface area (Å²) in [6, 6.07) is 8.90. The zero-order valence-electron chi connectivity index (χ0n) is 16.4. The van der Waals surface area contributed by atoms with Crippen LogP contribution in [-0.2, 0) is 14.8 Å². The summed E-state index contributed by atoms with van der Waals surface area (Å²) in [5.41, 5.74) is 5.03. The van der Waals surface area contributed by atoms with Gasteiger partial charge in [-0.05, 0) is 55.3 Å². The summed E-state index contributed by atoms with van der Waals surface area (Å²) in [5, 5.41) is 11.3. The number of sulfonamides is 1. The summed E-state index contributed by atoms with van der Waals surface area (Å²) in [7, 11) is -1.75. The summed E-state index contributed by atoms with van der Waals surface area (Å²) in [6.07, 6.45) is 1.11. The van der Waals surface area contributed by atoms with Crippen LogP contribution in [0, 0.1) is 13.8 Å². The highest BCUT2D eigenvalue weighted by atomic mass is 32.2. The van der Waals surface area contributed by atoms with Crippen LogP contribution < -0.4 is 9.62 Å². The van der Waals surface area contributed by atoms with E-state index in [9.17, 15) is 18.3 Å². The monoisotopic (exact) mass is 401 g/mol. The predicted molar refractivity (Wildman–Crippen MR) is 112 cm³/mol. The second-order valence-electron chi connectivity index (χ2n) is 7.00. The Morgan fingerprint density at radius 2 is 1.86 bits per heavy atom. The SMILES string of the molecule is CC(=O)N(C)c1cc(-c2[nH]c3ccc(NS(C)(=O)=O)cc3c2C)cc(C)c1O. The molecule has 0 aliphatic rings. The molecule has 0 fully saturated rings. The molecular formula is C20H23N3O4S. The van der Waals surface area contributed by atoms with Gasteiger partial charge in [0.2, 0.25) is 15.9 Å². The van der Waals surface area contributed by atoms with Gasteiger partial charge in [0.05, 0.1) is 11.9 Å². The average molecular weight is 401 g/mol. The van der Waals surface area contributed by atoms with E-state index in [1.54, 1.807) is 32.2 Å². The molecule has 3 rings (SSSR count). The summed E-state index contributed by atoms with van der Waals surface area (Å²) < 4.78 is 25.5. The van der Waals surface area contributed by atoms with E-state index in [1.165, 1.54) is 11.8 Å². The number of aromatic amines is 1. The van der Waals surface area contributed by atoms with Crippen LogP contribution in [0.2, 0.25) is 0 Å². The Kier molecular flexibility index (Phi) is 4.84. The van der Waals surface area contributed by atoms with E-state index >= 15 is 0 Å². The van der Waals surface area contributed by atoms with E-state index < -0.39 is 10.0 Å². The molecule has 0 aliphatic heterocycles. The van der Waals surface area contributed by atoms with Crippen molar-refractivity contribution in [2.75, 3.05) is 22.9 Å². The number of anilines is 2. The number of carbonyl (C=O) groups is 1. The number of aromatic hydroxyl groups is 1. The van der Waals surface area contributed by atoms with Gasteiger partial charge >= 0.3 is 0 Å². The van der Waals surface area contributed by atoms with Gasteiger partial charge in [-0.1, -0.05) is 0 Å². The van der Waals surface area contributed by atoms with Crippen molar-refractivity contribution in [3.8, 4) is 17.0 Å². The fourth-order valence-corrected chi connectivity index (χ4v) is 3.78. The molecule has 2 aromatic carbocycles. The topological polar surface area (TPSA) is 103 Å². The molecule has 0 saturated heterocycles. The third-order valence-corrected chi connectivity index (χ3v) is 5.37. The lowest BCUT2D eigenvalue weighted by molar-refractivity contribution is -0.116. The fourth-order valence-electron chi connectivity index (χ4n) is 3.22. The molecule has 0 spiro atoms. The minimum absolute atomic E-state index is 0.0647. The van der Waals surface area contributed by atoms with Crippen LogP contribution in [0.1, 0.15) is 18.1 Å². The number of aromatic nitrogens is 1. The van der Waals surface area contributed by atoms with Crippen LogP contribution in [0.5, 0.6) is 5.75 Å². The van der Waals surface area contributed by atoms with E-state index in [4.69, 9.17) is 0 Å². The van der Waals surface area contributed by atoms with Crippen molar-refractivity contribution in [1.29, 1.82) is 0 Å². The average Bonchev–Trinajstić information content (AvgIpc) is 2.91. The van der Waals surface area contributed by atoms with Gasteiger partial charge < -0.3 is 15.0 Å². The van der Waals surface area contributed by atoms with Gasteiger partial charge in [-0.25, -0.2) is 8.42 Å². The number of rotatable bonds is 4. The highest BCUT2D eigenvalue weighted by Gasteiger charge is 2.17. The number of aryl methyl sites for hydroxylation is 2. The Bertz CT molecular complexity index is 1200. The minimum Gasteiger partial charge on any atom is -0.505 e. The van der Waals surface area contributed by atoms with Gasteiger partial charge in [-0.2, -0.15) is 0 Å². The van der Waals surface area contributed by atoms with Gasteiger partial charge in [0.15, 0.2) is 0 Å². The highest BCUT2D eigenvalue weighted by molar-refractivity contribution is 7.92. The van der Waals surface area contributed by atoms with Gasteiger partial charge in [0.25, 0.3) is 0 Å². The van der Waals surface area contributed by atoms with E-state index in [0.717, 1.165) is 34.0 Å². The Balaban J connectivity index is 2.16.